The van der Waals surface area contributed by atoms with Crippen molar-refractivity contribution in [3.63, 3.8) is 0 Å². The Morgan fingerprint density at radius 1 is 1.32 bits per heavy atom. The lowest BCUT2D eigenvalue weighted by Gasteiger charge is -2.11. The van der Waals surface area contributed by atoms with Crippen molar-refractivity contribution < 1.29 is 14.7 Å². The highest BCUT2D eigenvalue weighted by atomic mass is 16.4. The summed E-state index contributed by atoms with van der Waals surface area (Å²) in [4.78, 5) is 26.1. The molecular weight excluding hydrogens is 246 g/mol. The number of nitrogens with one attached hydrogen (secondary N) is 2. The van der Waals surface area contributed by atoms with Gasteiger partial charge in [-0.05, 0) is 30.5 Å². The summed E-state index contributed by atoms with van der Waals surface area (Å²) < 4.78 is 0. The van der Waals surface area contributed by atoms with Gasteiger partial charge in [0, 0.05) is 25.5 Å². The maximum atomic E-state index is 11.4. The predicted molar refractivity (Wildman–Crippen MR) is 70.8 cm³/mol. The minimum Gasteiger partial charge on any atom is -0.481 e. The molecule has 2 amide bonds. The fourth-order valence-corrected chi connectivity index (χ4v) is 1.55. The second-order valence-corrected chi connectivity index (χ2v) is 4.19. The van der Waals surface area contributed by atoms with Crippen LogP contribution in [0.2, 0.25) is 0 Å². The van der Waals surface area contributed by atoms with Crippen molar-refractivity contribution in [2.45, 2.75) is 19.8 Å². The van der Waals surface area contributed by atoms with E-state index in [1.807, 2.05) is 12.1 Å². The second kappa shape index (κ2) is 8.07. The van der Waals surface area contributed by atoms with Gasteiger partial charge in [-0.15, -0.1) is 0 Å². The molecule has 0 aliphatic carbocycles. The van der Waals surface area contributed by atoms with Gasteiger partial charge in [-0.2, -0.15) is 0 Å². The van der Waals surface area contributed by atoms with Gasteiger partial charge in [-0.3, -0.25) is 9.78 Å². The molecule has 0 spiro atoms. The van der Waals surface area contributed by atoms with Gasteiger partial charge in [0.15, 0.2) is 0 Å². The van der Waals surface area contributed by atoms with Crippen LogP contribution in [0.5, 0.6) is 0 Å². The number of nitrogens with zero attached hydrogens (tertiary/aromatic N) is 1. The third kappa shape index (κ3) is 5.85. The van der Waals surface area contributed by atoms with Crippen LogP contribution in [0.1, 0.15) is 18.9 Å². The number of urea groups is 1. The zero-order valence-electron chi connectivity index (χ0n) is 10.9. The highest BCUT2D eigenvalue weighted by Crippen LogP contribution is 2.00. The molecule has 0 fully saturated rings. The molecule has 0 bridgehead atoms. The highest BCUT2D eigenvalue weighted by Gasteiger charge is 2.15. The number of carbonyl (C=O) groups excluding carboxylic acids is 1. The topological polar surface area (TPSA) is 91.3 Å². The van der Waals surface area contributed by atoms with Crippen LogP contribution in [0.3, 0.4) is 0 Å². The zero-order chi connectivity index (χ0) is 14.1. The Labute approximate surface area is 112 Å². The van der Waals surface area contributed by atoms with Crippen molar-refractivity contribution in [2.24, 2.45) is 5.92 Å². The van der Waals surface area contributed by atoms with E-state index in [0.29, 0.717) is 19.4 Å². The Kier molecular flexibility index (Phi) is 6.35. The van der Waals surface area contributed by atoms with Crippen LogP contribution in [-0.4, -0.2) is 35.2 Å². The third-order valence-corrected chi connectivity index (χ3v) is 2.80. The molecule has 1 atom stereocenters. The minimum absolute atomic E-state index is 0.146. The average molecular weight is 265 g/mol. The van der Waals surface area contributed by atoms with Gasteiger partial charge in [0.2, 0.25) is 0 Å². The normalized spacial score (nSPS) is 11.6. The van der Waals surface area contributed by atoms with E-state index >= 15 is 0 Å². The van der Waals surface area contributed by atoms with Crippen LogP contribution in [0.4, 0.5) is 4.79 Å². The van der Waals surface area contributed by atoms with Gasteiger partial charge >= 0.3 is 12.0 Å². The van der Waals surface area contributed by atoms with Crippen LogP contribution in [0, 0.1) is 5.92 Å². The largest absolute Gasteiger partial charge is 0.481 e. The lowest BCUT2D eigenvalue weighted by atomic mass is 10.1. The number of amides is 2. The first-order valence-electron chi connectivity index (χ1n) is 6.27. The molecule has 1 aromatic rings. The van der Waals surface area contributed by atoms with Gasteiger partial charge < -0.3 is 15.7 Å². The van der Waals surface area contributed by atoms with Crippen molar-refractivity contribution >= 4 is 12.0 Å². The number of carboxylic acids is 1. The van der Waals surface area contributed by atoms with E-state index in [2.05, 4.69) is 15.6 Å². The van der Waals surface area contributed by atoms with Crippen LogP contribution in [-0.2, 0) is 11.2 Å². The second-order valence-electron chi connectivity index (χ2n) is 4.19. The van der Waals surface area contributed by atoms with Crippen molar-refractivity contribution in [3.8, 4) is 0 Å². The number of aromatic nitrogens is 1. The Bertz CT molecular complexity index is 409. The molecule has 1 heterocycles. The quantitative estimate of drug-likeness (QED) is 0.686. The summed E-state index contributed by atoms with van der Waals surface area (Å²) in [6.45, 7) is 2.43. The SMILES string of the molecule is CCC(CNC(=O)NCCc1ccncc1)C(=O)O. The summed E-state index contributed by atoms with van der Waals surface area (Å²) in [6.07, 6.45) is 4.61. The van der Waals surface area contributed by atoms with Gasteiger partial charge in [-0.25, -0.2) is 4.79 Å². The Hall–Kier alpha value is -2.11. The lowest BCUT2D eigenvalue weighted by Crippen LogP contribution is -2.40. The molecule has 0 aromatic carbocycles. The summed E-state index contributed by atoms with van der Waals surface area (Å²) in [5.74, 6) is -1.43. The molecule has 1 unspecified atom stereocenters. The number of pyridine rings is 1. The summed E-state index contributed by atoms with van der Waals surface area (Å²) >= 11 is 0. The molecule has 6 nitrogen and oxygen atoms in total. The van der Waals surface area contributed by atoms with E-state index < -0.39 is 11.9 Å². The summed E-state index contributed by atoms with van der Waals surface area (Å²) in [5.41, 5.74) is 1.09. The molecule has 0 aliphatic rings. The summed E-state index contributed by atoms with van der Waals surface area (Å²) in [5, 5.41) is 14.1. The number of hydrogen-bond acceptors (Lipinski definition) is 3. The van der Waals surface area contributed by atoms with Gasteiger partial charge in [0.05, 0.1) is 5.92 Å². The van der Waals surface area contributed by atoms with Crippen molar-refractivity contribution in [1.29, 1.82) is 0 Å². The summed E-state index contributed by atoms with van der Waals surface area (Å²) in [7, 11) is 0. The maximum absolute atomic E-state index is 11.4. The van der Waals surface area contributed by atoms with E-state index in [1.54, 1.807) is 19.3 Å². The van der Waals surface area contributed by atoms with Gasteiger partial charge in [0.1, 0.15) is 0 Å². The molecule has 1 aromatic heterocycles. The first kappa shape index (κ1) is 14.9. The first-order chi connectivity index (χ1) is 9.13. The number of aliphatic carboxylic acids is 1. The van der Waals surface area contributed by atoms with E-state index in [4.69, 9.17) is 5.11 Å². The molecule has 0 aliphatic heterocycles. The number of carboxylic acid groups (broad SMARTS) is 1. The molecule has 0 radical (unpaired) electrons. The van der Waals surface area contributed by atoms with Crippen LogP contribution in [0.25, 0.3) is 0 Å². The van der Waals surface area contributed by atoms with Gasteiger partial charge in [0.25, 0.3) is 0 Å². The Morgan fingerprint density at radius 2 is 2.00 bits per heavy atom. The lowest BCUT2D eigenvalue weighted by molar-refractivity contribution is -0.141. The maximum Gasteiger partial charge on any atom is 0.314 e. The molecule has 6 heteroatoms. The number of rotatable bonds is 7. The van der Waals surface area contributed by atoms with Gasteiger partial charge in [-0.1, -0.05) is 6.92 Å². The van der Waals surface area contributed by atoms with Crippen LogP contribution in [0.15, 0.2) is 24.5 Å². The third-order valence-electron chi connectivity index (χ3n) is 2.80. The number of carbonyl (C=O) groups is 2. The van der Waals surface area contributed by atoms with E-state index in [9.17, 15) is 9.59 Å². The molecule has 19 heavy (non-hydrogen) atoms. The average Bonchev–Trinajstić information content (AvgIpc) is 2.40. The molecular formula is C13H19N3O3. The van der Waals surface area contributed by atoms with Crippen LogP contribution >= 0.6 is 0 Å². The number of hydrogen-bond donors (Lipinski definition) is 3. The minimum atomic E-state index is -0.889. The Balaban J connectivity index is 2.19. The predicted octanol–water partition coefficient (Wildman–Crippen LogP) is 1.03. The summed E-state index contributed by atoms with van der Waals surface area (Å²) in [6, 6.07) is 3.43. The standard InChI is InChI=1S/C13H19N3O3/c1-2-11(12(17)18)9-16-13(19)15-8-5-10-3-6-14-7-4-10/h3-4,6-7,11H,2,5,8-9H2,1H3,(H,17,18)(H2,15,16,19). The molecule has 0 saturated carbocycles. The smallest absolute Gasteiger partial charge is 0.314 e. The van der Waals surface area contributed by atoms with Crippen molar-refractivity contribution in [1.82, 2.24) is 15.6 Å². The van der Waals surface area contributed by atoms with Crippen LogP contribution < -0.4 is 10.6 Å². The fraction of sp³-hybridized carbons (Fsp3) is 0.462. The Morgan fingerprint density at radius 3 is 2.58 bits per heavy atom. The van der Waals surface area contributed by atoms with Crippen molar-refractivity contribution in [2.75, 3.05) is 13.1 Å². The molecule has 3 N–H and O–H groups in total. The van der Waals surface area contributed by atoms with Crippen molar-refractivity contribution in [3.05, 3.63) is 30.1 Å². The monoisotopic (exact) mass is 265 g/mol. The fourth-order valence-electron chi connectivity index (χ4n) is 1.55. The van der Waals surface area contributed by atoms with E-state index in [-0.39, 0.29) is 12.6 Å². The first-order valence-corrected chi connectivity index (χ1v) is 6.27. The molecule has 1 rings (SSSR count). The highest BCUT2D eigenvalue weighted by molar-refractivity contribution is 5.75. The molecule has 104 valence electrons. The van der Waals surface area contributed by atoms with E-state index in [1.165, 1.54) is 0 Å². The van der Waals surface area contributed by atoms with E-state index in [0.717, 1.165) is 5.56 Å². The zero-order valence-corrected chi connectivity index (χ0v) is 10.9. The molecule has 0 saturated heterocycles.